The molecule has 3 aliphatic heterocycles. The zero-order valence-electron chi connectivity index (χ0n) is 16.2. The van der Waals surface area contributed by atoms with E-state index >= 15 is 0 Å². The van der Waals surface area contributed by atoms with Crippen molar-refractivity contribution in [3.63, 3.8) is 0 Å². The van der Waals surface area contributed by atoms with Crippen LogP contribution in [0.25, 0.3) is 0 Å². The molecule has 0 amide bonds. The molecule has 1 aliphatic carbocycles. The fourth-order valence-electron chi connectivity index (χ4n) is 5.01. The van der Waals surface area contributed by atoms with Crippen molar-refractivity contribution in [2.45, 2.75) is 94.1 Å². The summed E-state index contributed by atoms with van der Waals surface area (Å²) in [5.41, 5.74) is 0.191. The molecule has 0 aromatic rings. The maximum absolute atomic E-state index is 13.1. The molecule has 3 saturated heterocycles. The molecule has 0 N–H and O–H groups in total. The van der Waals surface area contributed by atoms with Gasteiger partial charge >= 0.3 is 11.9 Å². The number of esters is 2. The van der Waals surface area contributed by atoms with Gasteiger partial charge in [0, 0.05) is 11.6 Å². The van der Waals surface area contributed by atoms with Crippen LogP contribution < -0.4 is 0 Å². The maximum Gasteiger partial charge on any atom is 0.347 e. The summed E-state index contributed by atoms with van der Waals surface area (Å²) in [6.45, 7) is 6.42. The first-order valence-electron chi connectivity index (χ1n) is 9.96. The van der Waals surface area contributed by atoms with Crippen molar-refractivity contribution in [3.05, 3.63) is 12.2 Å². The quantitative estimate of drug-likeness (QED) is 0.495. The Hall–Kier alpha value is -1.45. The lowest BCUT2D eigenvalue weighted by Crippen LogP contribution is -2.51. The molecule has 28 heavy (non-hydrogen) atoms. The van der Waals surface area contributed by atoms with E-state index in [0.29, 0.717) is 6.42 Å². The standard InChI is InChI=1S/C19H27NO7S/c1-10(2)18(21)25-11(3)19(22)27-16-13-9-14-17(26-13)15(16)20(28(14,23)24)12-7-5-4-6-8-12/h11-17H,1,4-9H2,2-3H3. The van der Waals surface area contributed by atoms with Gasteiger partial charge in [-0.15, -0.1) is 0 Å². The summed E-state index contributed by atoms with van der Waals surface area (Å²) >= 11 is 0. The summed E-state index contributed by atoms with van der Waals surface area (Å²) in [5, 5.41) is -0.543. The summed E-state index contributed by atoms with van der Waals surface area (Å²) in [5.74, 6) is -1.36. The minimum atomic E-state index is -3.47. The first kappa shape index (κ1) is 19.8. The van der Waals surface area contributed by atoms with Crippen molar-refractivity contribution in [2.24, 2.45) is 0 Å². The molecule has 6 unspecified atom stereocenters. The van der Waals surface area contributed by atoms with E-state index in [-0.39, 0.29) is 11.6 Å². The summed E-state index contributed by atoms with van der Waals surface area (Å²) < 4.78 is 44.4. The number of hydrogen-bond acceptors (Lipinski definition) is 7. The summed E-state index contributed by atoms with van der Waals surface area (Å²) in [4.78, 5) is 24.2. The third kappa shape index (κ3) is 3.07. The third-order valence-corrected chi connectivity index (χ3v) is 8.68. The van der Waals surface area contributed by atoms with Gasteiger partial charge in [-0.25, -0.2) is 18.0 Å². The molecule has 8 nitrogen and oxygen atoms in total. The fourth-order valence-corrected chi connectivity index (χ4v) is 7.52. The lowest BCUT2D eigenvalue weighted by Gasteiger charge is -2.35. The molecule has 0 spiro atoms. The average Bonchev–Trinajstić information content (AvgIpc) is 3.26. The highest BCUT2D eigenvalue weighted by Crippen LogP contribution is 2.51. The van der Waals surface area contributed by atoms with Crippen LogP contribution in [0.2, 0.25) is 0 Å². The van der Waals surface area contributed by atoms with Crippen LogP contribution in [0.5, 0.6) is 0 Å². The highest BCUT2D eigenvalue weighted by Gasteiger charge is 2.70. The second-order valence-electron chi connectivity index (χ2n) is 8.30. The Morgan fingerprint density at radius 3 is 2.54 bits per heavy atom. The largest absolute Gasteiger partial charge is 0.455 e. The Bertz CT molecular complexity index is 788. The number of fused-ring (bicyclic) bond motifs is 1. The molecule has 0 aromatic carbocycles. The number of hydrogen-bond donors (Lipinski definition) is 0. The SMILES string of the molecule is C=C(C)C(=O)OC(C)C(=O)OC1C2CC3C(O2)C1N(C1CCCCC1)S3(=O)=O. The van der Waals surface area contributed by atoms with Crippen LogP contribution in [0.15, 0.2) is 12.2 Å². The van der Waals surface area contributed by atoms with Gasteiger partial charge in [-0.2, -0.15) is 4.31 Å². The second-order valence-corrected chi connectivity index (χ2v) is 10.4. The van der Waals surface area contributed by atoms with E-state index in [4.69, 9.17) is 14.2 Å². The van der Waals surface area contributed by atoms with Crippen molar-refractivity contribution in [1.29, 1.82) is 0 Å². The first-order chi connectivity index (χ1) is 13.2. The Balaban J connectivity index is 1.52. The van der Waals surface area contributed by atoms with Crippen LogP contribution in [0.4, 0.5) is 0 Å². The van der Waals surface area contributed by atoms with Crippen LogP contribution in [-0.2, 0) is 33.8 Å². The van der Waals surface area contributed by atoms with Gasteiger partial charge in [0.25, 0.3) is 0 Å². The molecule has 0 radical (unpaired) electrons. The first-order valence-corrected chi connectivity index (χ1v) is 11.5. The number of carbonyl (C=O) groups excluding carboxylic acids is 2. The van der Waals surface area contributed by atoms with E-state index < -0.39 is 57.7 Å². The summed E-state index contributed by atoms with van der Waals surface area (Å²) in [6.07, 6.45) is 2.46. The molecule has 0 aromatic heterocycles. The van der Waals surface area contributed by atoms with E-state index in [1.54, 1.807) is 4.31 Å². The Morgan fingerprint density at radius 2 is 1.89 bits per heavy atom. The number of sulfonamides is 1. The Kier molecular flexibility index (Phi) is 5.04. The highest BCUT2D eigenvalue weighted by molar-refractivity contribution is 7.90. The molecule has 4 aliphatic rings. The number of nitrogens with zero attached hydrogens (tertiary/aromatic N) is 1. The average molecular weight is 413 g/mol. The molecule has 2 bridgehead atoms. The minimum absolute atomic E-state index is 0.0587. The summed E-state index contributed by atoms with van der Waals surface area (Å²) in [6, 6.07) is -0.540. The zero-order chi connectivity index (χ0) is 20.2. The van der Waals surface area contributed by atoms with E-state index in [1.807, 2.05) is 0 Å². The lowest BCUT2D eigenvalue weighted by atomic mass is 9.89. The third-order valence-electron chi connectivity index (χ3n) is 6.32. The van der Waals surface area contributed by atoms with E-state index in [2.05, 4.69) is 6.58 Å². The number of carbonyl (C=O) groups is 2. The van der Waals surface area contributed by atoms with Gasteiger partial charge in [-0.3, -0.25) is 0 Å². The molecule has 3 heterocycles. The molecule has 156 valence electrons. The van der Waals surface area contributed by atoms with Crippen LogP contribution in [0.1, 0.15) is 52.4 Å². The van der Waals surface area contributed by atoms with Crippen LogP contribution >= 0.6 is 0 Å². The molecule has 4 rings (SSSR count). The highest BCUT2D eigenvalue weighted by atomic mass is 32.2. The lowest BCUT2D eigenvalue weighted by molar-refractivity contribution is -0.171. The fraction of sp³-hybridized carbons (Fsp3) is 0.789. The van der Waals surface area contributed by atoms with Gasteiger partial charge in [0.05, 0.1) is 18.2 Å². The van der Waals surface area contributed by atoms with Crippen LogP contribution in [-0.4, -0.2) is 66.4 Å². The van der Waals surface area contributed by atoms with Crippen molar-refractivity contribution in [1.82, 2.24) is 4.31 Å². The van der Waals surface area contributed by atoms with Crippen molar-refractivity contribution in [3.8, 4) is 0 Å². The molecule has 9 heteroatoms. The number of ether oxygens (including phenoxy) is 3. The predicted octanol–water partition coefficient (Wildman–Crippen LogP) is 1.29. The minimum Gasteiger partial charge on any atom is -0.455 e. The van der Waals surface area contributed by atoms with Gasteiger partial charge in [0.15, 0.2) is 6.10 Å². The maximum atomic E-state index is 13.1. The van der Waals surface area contributed by atoms with Gasteiger partial charge in [-0.05, 0) is 33.1 Å². The smallest absolute Gasteiger partial charge is 0.347 e. The van der Waals surface area contributed by atoms with Gasteiger partial charge < -0.3 is 14.2 Å². The van der Waals surface area contributed by atoms with Crippen molar-refractivity contribution in [2.75, 3.05) is 0 Å². The predicted molar refractivity (Wildman–Crippen MR) is 98.7 cm³/mol. The summed E-state index contributed by atoms with van der Waals surface area (Å²) in [7, 11) is -3.47. The Morgan fingerprint density at radius 1 is 1.21 bits per heavy atom. The molecule has 6 atom stereocenters. The van der Waals surface area contributed by atoms with Crippen molar-refractivity contribution >= 4 is 22.0 Å². The van der Waals surface area contributed by atoms with Gasteiger partial charge in [0.1, 0.15) is 11.4 Å². The van der Waals surface area contributed by atoms with Gasteiger partial charge in [0.2, 0.25) is 10.0 Å². The zero-order valence-corrected chi connectivity index (χ0v) is 17.0. The van der Waals surface area contributed by atoms with Crippen LogP contribution in [0.3, 0.4) is 0 Å². The van der Waals surface area contributed by atoms with Crippen LogP contribution in [0, 0.1) is 0 Å². The van der Waals surface area contributed by atoms with E-state index in [9.17, 15) is 18.0 Å². The Labute approximate surface area is 165 Å². The van der Waals surface area contributed by atoms with E-state index in [1.165, 1.54) is 13.8 Å². The monoisotopic (exact) mass is 413 g/mol. The normalized spacial score (nSPS) is 37.6. The molecular weight excluding hydrogens is 386 g/mol. The topological polar surface area (TPSA) is 99.2 Å². The van der Waals surface area contributed by atoms with Gasteiger partial charge in [-0.1, -0.05) is 25.8 Å². The van der Waals surface area contributed by atoms with E-state index in [0.717, 1.165) is 32.1 Å². The number of rotatable bonds is 5. The molecular formula is C19H27NO7S. The molecule has 4 fully saturated rings. The second kappa shape index (κ2) is 7.11. The van der Waals surface area contributed by atoms with Crippen molar-refractivity contribution < 1.29 is 32.2 Å². The molecule has 1 saturated carbocycles.